The van der Waals surface area contributed by atoms with Gasteiger partial charge >= 0.3 is 0 Å². The number of carbonyl (C=O) groups is 1. The second kappa shape index (κ2) is 12.8. The Labute approximate surface area is 192 Å². The lowest BCUT2D eigenvalue weighted by Gasteiger charge is -2.06. The number of carbonyl (C=O) groups excluding carboxylic acids is 1. The van der Waals surface area contributed by atoms with Crippen LogP contribution in [0.5, 0.6) is 0 Å². The van der Waals surface area contributed by atoms with Crippen LogP contribution in [0.4, 0.5) is 0 Å². The molecule has 0 aliphatic carbocycles. The van der Waals surface area contributed by atoms with Gasteiger partial charge in [0.15, 0.2) is 5.78 Å². The largest absolute Gasteiger partial charge is 0.294 e. The van der Waals surface area contributed by atoms with Crippen molar-refractivity contribution in [2.45, 2.75) is 6.92 Å². The molecule has 148 valence electrons. The Balaban J connectivity index is 0.000000277. The molecule has 0 unspecified atom stereocenters. The molecule has 0 atom stereocenters. The summed E-state index contributed by atoms with van der Waals surface area (Å²) in [6.45, 7) is 1.60. The number of benzene rings is 2. The maximum atomic E-state index is 11.4. The predicted octanol–water partition coefficient (Wildman–Crippen LogP) is 6.86. The fraction of sp³-hybridized carbons (Fsp3) is 0.0417. The number of nitrogens with zero attached hydrogens (tertiary/aromatic N) is 2. The van der Waals surface area contributed by atoms with E-state index in [9.17, 15) is 4.79 Å². The third-order valence-corrected chi connectivity index (χ3v) is 4.09. The Hall–Kier alpha value is -2.63. The summed E-state index contributed by atoms with van der Waals surface area (Å²) >= 11 is 0. The molecule has 0 spiro atoms. The van der Waals surface area contributed by atoms with Gasteiger partial charge in [-0.2, -0.15) is 0 Å². The van der Waals surface area contributed by atoms with Gasteiger partial charge in [0, 0.05) is 30.4 Å². The van der Waals surface area contributed by atoms with E-state index >= 15 is 0 Å². The van der Waals surface area contributed by atoms with E-state index in [-0.39, 0.29) is 39.7 Å². The van der Waals surface area contributed by atoms with Gasteiger partial charge in [-0.05, 0) is 53.4 Å². The first-order chi connectivity index (χ1) is 13.3. The van der Waals surface area contributed by atoms with Crippen molar-refractivity contribution in [2.75, 3.05) is 0 Å². The van der Waals surface area contributed by atoms with E-state index in [1.165, 1.54) is 11.1 Å². The minimum Gasteiger partial charge on any atom is -0.294 e. The van der Waals surface area contributed by atoms with Crippen molar-refractivity contribution < 1.29 is 4.79 Å². The fourth-order valence-electron chi connectivity index (χ4n) is 2.75. The standard InChI is InChI=1S/C14H12O.C10H8N2.2BrH/c1-11(15)13-9-5-6-10-14(13)12-7-3-2-4-8-12;1-5-11-6-2-9(1)10-3-7-12-8-4-10;;/h2-10H,1H3;1-8H;2*1H. The Morgan fingerprint density at radius 2 is 1.03 bits per heavy atom. The van der Waals surface area contributed by atoms with Crippen molar-refractivity contribution in [1.82, 2.24) is 9.97 Å². The molecule has 0 N–H and O–H groups in total. The van der Waals surface area contributed by atoms with Gasteiger partial charge in [-0.1, -0.05) is 54.6 Å². The van der Waals surface area contributed by atoms with Crippen molar-refractivity contribution >= 4 is 39.7 Å². The van der Waals surface area contributed by atoms with Crippen molar-refractivity contribution in [2.24, 2.45) is 0 Å². The Bertz CT molecular complexity index is 957. The first-order valence-electron chi connectivity index (χ1n) is 8.71. The van der Waals surface area contributed by atoms with Crippen molar-refractivity contribution in [3.05, 3.63) is 109 Å². The summed E-state index contributed by atoms with van der Waals surface area (Å²) in [6, 6.07) is 25.6. The zero-order chi connectivity index (χ0) is 18.9. The number of hydrogen-bond donors (Lipinski definition) is 0. The first-order valence-corrected chi connectivity index (χ1v) is 8.71. The molecule has 4 aromatic rings. The van der Waals surface area contributed by atoms with Crippen LogP contribution in [-0.4, -0.2) is 15.8 Å². The molecule has 0 saturated carbocycles. The number of pyridine rings is 2. The van der Waals surface area contributed by atoms with Crippen LogP contribution >= 0.6 is 34.0 Å². The average Bonchev–Trinajstić information content (AvgIpc) is 2.76. The topological polar surface area (TPSA) is 42.9 Å². The summed E-state index contributed by atoms with van der Waals surface area (Å²) < 4.78 is 0. The van der Waals surface area contributed by atoms with E-state index in [0.717, 1.165) is 16.7 Å². The molecule has 2 aromatic heterocycles. The summed E-state index contributed by atoms with van der Waals surface area (Å²) in [4.78, 5) is 19.4. The van der Waals surface area contributed by atoms with Crippen molar-refractivity contribution in [3.63, 3.8) is 0 Å². The van der Waals surface area contributed by atoms with E-state index in [1.807, 2.05) is 78.9 Å². The molecule has 29 heavy (non-hydrogen) atoms. The molecule has 3 nitrogen and oxygen atoms in total. The minimum atomic E-state index is 0. The molecular weight excluding hydrogens is 492 g/mol. The monoisotopic (exact) mass is 512 g/mol. The lowest BCUT2D eigenvalue weighted by Crippen LogP contribution is -1.95. The summed E-state index contributed by atoms with van der Waals surface area (Å²) in [5, 5.41) is 0. The van der Waals surface area contributed by atoms with Gasteiger partial charge < -0.3 is 0 Å². The highest BCUT2D eigenvalue weighted by Gasteiger charge is 2.06. The highest BCUT2D eigenvalue weighted by Crippen LogP contribution is 2.23. The number of ketones is 1. The second-order valence-corrected chi connectivity index (χ2v) is 5.94. The van der Waals surface area contributed by atoms with Crippen LogP contribution in [0.3, 0.4) is 0 Å². The highest BCUT2D eigenvalue weighted by atomic mass is 79.9. The van der Waals surface area contributed by atoms with Crippen LogP contribution in [0.15, 0.2) is 104 Å². The van der Waals surface area contributed by atoms with Gasteiger partial charge in [-0.25, -0.2) is 0 Å². The highest BCUT2D eigenvalue weighted by molar-refractivity contribution is 8.93. The number of Topliss-reactive ketones (excluding diaryl/α,β-unsaturated/α-hetero) is 1. The van der Waals surface area contributed by atoms with E-state index in [2.05, 4.69) is 9.97 Å². The first kappa shape index (κ1) is 24.4. The molecule has 0 bridgehead atoms. The number of hydrogen-bond acceptors (Lipinski definition) is 3. The second-order valence-electron chi connectivity index (χ2n) is 5.94. The lowest BCUT2D eigenvalue weighted by atomic mass is 9.98. The number of aromatic nitrogens is 2. The van der Waals surface area contributed by atoms with Gasteiger partial charge in [0.2, 0.25) is 0 Å². The Kier molecular flexibility index (Phi) is 10.7. The summed E-state index contributed by atoms with van der Waals surface area (Å²) in [5.41, 5.74) is 5.22. The SMILES string of the molecule is Br.Br.CC(=O)c1ccccc1-c1ccccc1.c1cc(-c2ccncc2)ccn1. The molecule has 0 fully saturated rings. The molecule has 0 saturated heterocycles. The van der Waals surface area contributed by atoms with E-state index in [0.29, 0.717) is 0 Å². The van der Waals surface area contributed by atoms with Crippen LogP contribution in [0.25, 0.3) is 22.3 Å². The minimum absolute atomic E-state index is 0. The van der Waals surface area contributed by atoms with E-state index in [1.54, 1.807) is 31.7 Å². The van der Waals surface area contributed by atoms with Crippen LogP contribution in [0.1, 0.15) is 17.3 Å². The Morgan fingerprint density at radius 1 is 0.586 bits per heavy atom. The van der Waals surface area contributed by atoms with Gasteiger partial charge in [-0.15, -0.1) is 34.0 Å². The molecule has 0 radical (unpaired) electrons. The molecule has 0 aliphatic heterocycles. The molecule has 4 rings (SSSR count). The zero-order valence-corrected chi connectivity index (χ0v) is 19.4. The molecular formula is C24H22Br2N2O. The van der Waals surface area contributed by atoms with Crippen molar-refractivity contribution in [1.29, 1.82) is 0 Å². The zero-order valence-electron chi connectivity index (χ0n) is 15.9. The number of rotatable bonds is 3. The number of halogens is 2. The normalized spacial score (nSPS) is 9.14. The molecule has 2 heterocycles. The third kappa shape index (κ3) is 7.04. The predicted molar refractivity (Wildman–Crippen MR) is 130 cm³/mol. The van der Waals surface area contributed by atoms with Gasteiger partial charge in [0.25, 0.3) is 0 Å². The summed E-state index contributed by atoms with van der Waals surface area (Å²) in [6.07, 6.45) is 7.15. The van der Waals surface area contributed by atoms with Crippen LogP contribution in [0.2, 0.25) is 0 Å². The van der Waals surface area contributed by atoms with Gasteiger partial charge in [-0.3, -0.25) is 14.8 Å². The fourth-order valence-corrected chi connectivity index (χ4v) is 2.75. The van der Waals surface area contributed by atoms with E-state index < -0.39 is 0 Å². The quantitative estimate of drug-likeness (QED) is 0.281. The molecule has 0 aliphatic rings. The smallest absolute Gasteiger partial charge is 0.160 e. The third-order valence-electron chi connectivity index (χ3n) is 4.09. The van der Waals surface area contributed by atoms with Crippen LogP contribution < -0.4 is 0 Å². The van der Waals surface area contributed by atoms with E-state index in [4.69, 9.17) is 0 Å². The summed E-state index contributed by atoms with van der Waals surface area (Å²) in [5.74, 6) is 0.106. The molecule has 0 amide bonds. The Morgan fingerprint density at radius 3 is 1.52 bits per heavy atom. The molecule has 2 aromatic carbocycles. The van der Waals surface area contributed by atoms with Crippen LogP contribution in [0, 0.1) is 0 Å². The molecule has 5 heteroatoms. The van der Waals surface area contributed by atoms with Crippen molar-refractivity contribution in [3.8, 4) is 22.3 Å². The maximum Gasteiger partial charge on any atom is 0.160 e. The van der Waals surface area contributed by atoms with Gasteiger partial charge in [0.05, 0.1) is 0 Å². The maximum absolute atomic E-state index is 11.4. The average molecular weight is 514 g/mol. The van der Waals surface area contributed by atoms with Gasteiger partial charge in [0.1, 0.15) is 0 Å². The summed E-state index contributed by atoms with van der Waals surface area (Å²) in [7, 11) is 0. The lowest BCUT2D eigenvalue weighted by molar-refractivity contribution is 0.101. The van der Waals surface area contributed by atoms with Crippen LogP contribution in [-0.2, 0) is 0 Å².